The minimum Gasteiger partial charge on any atom is -0.396 e. The molecule has 0 bridgehead atoms. The summed E-state index contributed by atoms with van der Waals surface area (Å²) in [6, 6.07) is 0. The van der Waals surface area contributed by atoms with Crippen LogP contribution in [-0.2, 0) is 0 Å². The normalized spacial score (nSPS) is 53.4. The Morgan fingerprint density at radius 2 is 1.56 bits per heavy atom. The average Bonchev–Trinajstić information content (AvgIpc) is 2.98. The highest BCUT2D eigenvalue weighted by Gasteiger charge is 2.70. The Hall–Kier alpha value is -0.240. The Bertz CT molecular complexity index is 732. The Morgan fingerprint density at radius 3 is 2.21 bits per heavy atom. The highest BCUT2D eigenvalue weighted by molar-refractivity contribution is 5.19. The lowest BCUT2D eigenvalue weighted by molar-refractivity contribution is -0.268. The molecule has 0 amide bonds. The van der Waals surface area contributed by atoms with E-state index in [0.717, 1.165) is 25.7 Å². The van der Waals surface area contributed by atoms with Crippen molar-refractivity contribution in [3.05, 3.63) is 0 Å². The SMILES string of the molecule is C[C@H](CC[C@H](C)[C@@H](C)CO)[C@H]1[C@@H](O)[C@H](O)C2C3C[C@@H](O)[C@@]4(O)C[C@@H](O)CC[C@]4(C)C3CC[C@@]21C. The van der Waals surface area contributed by atoms with Gasteiger partial charge in [0.05, 0.1) is 30.0 Å². The molecule has 0 radical (unpaired) electrons. The van der Waals surface area contributed by atoms with Crippen molar-refractivity contribution in [2.24, 2.45) is 52.3 Å². The molecule has 4 aliphatic rings. The van der Waals surface area contributed by atoms with Crippen LogP contribution in [0.4, 0.5) is 0 Å². The van der Waals surface area contributed by atoms with E-state index in [1.165, 1.54) is 0 Å². The van der Waals surface area contributed by atoms with Gasteiger partial charge in [0.1, 0.15) is 0 Å². The van der Waals surface area contributed by atoms with Crippen molar-refractivity contribution in [1.29, 1.82) is 0 Å². The summed E-state index contributed by atoms with van der Waals surface area (Å²) in [5, 5.41) is 65.4. The van der Waals surface area contributed by atoms with Crippen LogP contribution in [-0.4, -0.2) is 67.3 Å². The van der Waals surface area contributed by atoms with Gasteiger partial charge in [-0.2, -0.15) is 0 Å². The Balaban J connectivity index is 1.59. The van der Waals surface area contributed by atoms with Gasteiger partial charge in [0.25, 0.3) is 0 Å². The summed E-state index contributed by atoms with van der Waals surface area (Å²) in [4.78, 5) is 0. The van der Waals surface area contributed by atoms with Gasteiger partial charge >= 0.3 is 0 Å². The number of aliphatic hydroxyl groups excluding tert-OH is 5. The van der Waals surface area contributed by atoms with Crippen molar-refractivity contribution in [3.63, 3.8) is 0 Å². The van der Waals surface area contributed by atoms with Gasteiger partial charge in [-0.15, -0.1) is 0 Å². The number of aliphatic hydroxyl groups is 6. The highest BCUT2D eigenvalue weighted by atomic mass is 16.3. The van der Waals surface area contributed by atoms with Gasteiger partial charge in [-0.05, 0) is 78.9 Å². The van der Waals surface area contributed by atoms with Gasteiger partial charge in [0, 0.05) is 18.4 Å². The van der Waals surface area contributed by atoms with Gasteiger partial charge in [-0.3, -0.25) is 0 Å². The lowest BCUT2D eigenvalue weighted by Gasteiger charge is -2.65. The smallest absolute Gasteiger partial charge is 0.0985 e. The second kappa shape index (κ2) is 9.25. The van der Waals surface area contributed by atoms with Crippen molar-refractivity contribution < 1.29 is 30.6 Å². The van der Waals surface area contributed by atoms with Crippen LogP contribution in [0.2, 0.25) is 0 Å². The minimum atomic E-state index is -1.30. The van der Waals surface area contributed by atoms with Crippen LogP contribution in [0, 0.1) is 52.3 Å². The predicted octanol–water partition coefficient (Wildman–Crippen LogP) is 2.71. The summed E-state index contributed by atoms with van der Waals surface area (Å²) in [5.41, 5.74) is -2.01. The fourth-order valence-electron chi connectivity index (χ4n) is 9.55. The van der Waals surface area contributed by atoms with Crippen molar-refractivity contribution >= 4 is 0 Å². The largest absolute Gasteiger partial charge is 0.396 e. The molecule has 0 aromatic heterocycles. The molecule has 34 heavy (non-hydrogen) atoms. The first-order chi connectivity index (χ1) is 15.8. The average molecular weight is 483 g/mol. The summed E-state index contributed by atoms with van der Waals surface area (Å²) in [5.74, 6) is 0.993. The van der Waals surface area contributed by atoms with Crippen LogP contribution in [0.1, 0.15) is 86.0 Å². The van der Waals surface area contributed by atoms with Gasteiger partial charge < -0.3 is 30.6 Å². The standard InChI is InChI=1S/C28H50O6/c1-15(17(3)14-29)6-7-16(2)22-24(32)25(33)23-19-12-21(31)28(34)13-18(30)8-11-27(28,5)20(19)9-10-26(22,23)4/h15-25,29-34H,6-14H2,1-5H3/t15-,16+,17-,18-,19?,20?,21+,22-,23?,24+,25+,26+,27+,28-/m0/s1. The monoisotopic (exact) mass is 482 g/mol. The Kier molecular flexibility index (Phi) is 7.30. The molecule has 0 spiro atoms. The summed E-state index contributed by atoms with van der Waals surface area (Å²) in [6.45, 7) is 11.0. The summed E-state index contributed by atoms with van der Waals surface area (Å²) in [7, 11) is 0. The molecule has 3 unspecified atom stereocenters. The van der Waals surface area contributed by atoms with E-state index in [1.54, 1.807) is 0 Å². The zero-order valence-electron chi connectivity index (χ0n) is 21.9. The molecule has 4 saturated carbocycles. The lowest BCUT2D eigenvalue weighted by atomic mass is 9.42. The third-order valence-electron chi connectivity index (χ3n) is 11.9. The van der Waals surface area contributed by atoms with E-state index >= 15 is 0 Å². The fourth-order valence-corrected chi connectivity index (χ4v) is 9.55. The van der Waals surface area contributed by atoms with Crippen LogP contribution in [0.15, 0.2) is 0 Å². The van der Waals surface area contributed by atoms with Crippen LogP contribution < -0.4 is 0 Å². The van der Waals surface area contributed by atoms with Gasteiger partial charge in [-0.25, -0.2) is 0 Å². The second-order valence-electron chi connectivity index (χ2n) is 13.5. The molecule has 0 aliphatic heterocycles. The van der Waals surface area contributed by atoms with Crippen LogP contribution in [0.3, 0.4) is 0 Å². The van der Waals surface area contributed by atoms with Crippen LogP contribution >= 0.6 is 0 Å². The first-order valence-corrected chi connectivity index (χ1v) is 13.9. The fraction of sp³-hybridized carbons (Fsp3) is 1.00. The quantitative estimate of drug-likeness (QED) is 0.346. The van der Waals surface area contributed by atoms with Crippen molar-refractivity contribution in [1.82, 2.24) is 0 Å². The molecular formula is C28H50O6. The van der Waals surface area contributed by atoms with E-state index in [-0.39, 0.29) is 54.0 Å². The van der Waals surface area contributed by atoms with Crippen molar-refractivity contribution in [2.45, 2.75) is 116 Å². The molecule has 0 aromatic rings. The van der Waals surface area contributed by atoms with E-state index in [1.807, 2.05) is 0 Å². The van der Waals surface area contributed by atoms with Crippen LogP contribution in [0.25, 0.3) is 0 Å². The highest BCUT2D eigenvalue weighted by Crippen LogP contribution is 2.69. The van der Waals surface area contributed by atoms with Gasteiger partial charge in [-0.1, -0.05) is 47.5 Å². The molecule has 0 aromatic carbocycles. The summed E-state index contributed by atoms with van der Waals surface area (Å²) < 4.78 is 0. The Labute approximate surface area is 205 Å². The first kappa shape index (κ1) is 26.8. The third-order valence-corrected chi connectivity index (χ3v) is 11.9. The molecule has 4 aliphatic carbocycles. The predicted molar refractivity (Wildman–Crippen MR) is 131 cm³/mol. The number of hydrogen-bond acceptors (Lipinski definition) is 6. The summed E-state index contributed by atoms with van der Waals surface area (Å²) >= 11 is 0. The molecule has 6 heteroatoms. The first-order valence-electron chi connectivity index (χ1n) is 13.9. The van der Waals surface area contributed by atoms with Gasteiger partial charge in [0.15, 0.2) is 0 Å². The number of hydrogen-bond donors (Lipinski definition) is 6. The maximum Gasteiger partial charge on any atom is 0.0985 e. The number of fused-ring (bicyclic) bond motifs is 5. The molecule has 6 N–H and O–H groups in total. The maximum absolute atomic E-state index is 11.6. The van der Waals surface area contributed by atoms with E-state index in [2.05, 4.69) is 34.6 Å². The molecule has 0 heterocycles. The second-order valence-corrected chi connectivity index (χ2v) is 13.5. The molecule has 6 nitrogen and oxygen atoms in total. The van der Waals surface area contributed by atoms with Crippen LogP contribution in [0.5, 0.6) is 0 Å². The Morgan fingerprint density at radius 1 is 0.882 bits per heavy atom. The molecule has 198 valence electrons. The van der Waals surface area contributed by atoms with Crippen molar-refractivity contribution in [2.75, 3.05) is 6.61 Å². The number of rotatable bonds is 6. The molecule has 4 fully saturated rings. The zero-order valence-corrected chi connectivity index (χ0v) is 21.9. The van der Waals surface area contributed by atoms with E-state index in [0.29, 0.717) is 25.2 Å². The molecule has 0 saturated heterocycles. The third kappa shape index (κ3) is 3.81. The zero-order chi connectivity index (χ0) is 25.2. The van der Waals surface area contributed by atoms with Gasteiger partial charge in [0.2, 0.25) is 0 Å². The lowest BCUT2D eigenvalue weighted by Crippen LogP contribution is -2.69. The van der Waals surface area contributed by atoms with E-state index in [9.17, 15) is 30.6 Å². The maximum atomic E-state index is 11.6. The van der Waals surface area contributed by atoms with Crippen molar-refractivity contribution in [3.8, 4) is 0 Å². The van der Waals surface area contributed by atoms with E-state index < -0.39 is 35.4 Å². The molecule has 14 atom stereocenters. The molecular weight excluding hydrogens is 432 g/mol. The summed E-state index contributed by atoms with van der Waals surface area (Å²) in [6.07, 6.45) is 2.56. The van der Waals surface area contributed by atoms with E-state index in [4.69, 9.17) is 0 Å². The minimum absolute atomic E-state index is 0.0102. The topological polar surface area (TPSA) is 121 Å². The molecule has 4 rings (SSSR count).